The number of ether oxygens (including phenoxy) is 2. The zero-order chi connectivity index (χ0) is 15.2. The molecule has 0 spiro atoms. The molecule has 0 saturated heterocycles. The lowest BCUT2D eigenvalue weighted by atomic mass is 10.3. The van der Waals surface area contributed by atoms with Gasteiger partial charge >= 0.3 is 5.97 Å². The Morgan fingerprint density at radius 1 is 1.48 bits per heavy atom. The van der Waals surface area contributed by atoms with Crippen LogP contribution in [0, 0.1) is 0 Å². The molecule has 1 aromatic heterocycles. The van der Waals surface area contributed by atoms with Crippen molar-refractivity contribution in [3.05, 3.63) is 34.3 Å². The first-order valence-electron chi connectivity index (χ1n) is 6.32. The highest BCUT2D eigenvalue weighted by molar-refractivity contribution is 7.98. The van der Waals surface area contributed by atoms with Gasteiger partial charge in [-0.15, -0.1) is 23.1 Å². The van der Waals surface area contributed by atoms with Crippen LogP contribution in [0.5, 0.6) is 5.75 Å². The van der Waals surface area contributed by atoms with Gasteiger partial charge in [0.05, 0.1) is 19.4 Å². The molecule has 0 aliphatic carbocycles. The van der Waals surface area contributed by atoms with Gasteiger partial charge in [0.25, 0.3) is 0 Å². The SMILES string of the molecule is CCOC(=O)c1nc(CSc2cc(OC)ccc2N)cs1. The van der Waals surface area contributed by atoms with E-state index in [1.807, 2.05) is 23.6 Å². The fourth-order valence-electron chi connectivity index (χ4n) is 1.58. The van der Waals surface area contributed by atoms with E-state index in [0.717, 1.165) is 16.3 Å². The van der Waals surface area contributed by atoms with Gasteiger partial charge in [0.2, 0.25) is 5.01 Å². The summed E-state index contributed by atoms with van der Waals surface area (Å²) >= 11 is 2.84. The lowest BCUT2D eigenvalue weighted by Crippen LogP contribution is -2.04. The van der Waals surface area contributed by atoms with Crippen LogP contribution in [-0.4, -0.2) is 24.7 Å². The molecule has 7 heteroatoms. The third-order valence-corrected chi connectivity index (χ3v) is 4.57. The number of hydrogen-bond acceptors (Lipinski definition) is 7. The summed E-state index contributed by atoms with van der Waals surface area (Å²) in [7, 11) is 1.62. The Morgan fingerprint density at radius 2 is 2.29 bits per heavy atom. The van der Waals surface area contributed by atoms with E-state index in [1.165, 1.54) is 11.3 Å². The average molecular weight is 324 g/mol. The lowest BCUT2D eigenvalue weighted by Gasteiger charge is -2.06. The zero-order valence-corrected chi connectivity index (χ0v) is 13.4. The van der Waals surface area contributed by atoms with Gasteiger partial charge in [-0.3, -0.25) is 0 Å². The molecule has 0 unspecified atom stereocenters. The standard InChI is InChI=1S/C14H16N2O3S2/c1-3-19-14(17)13-16-9(8-21-13)7-20-12-6-10(18-2)4-5-11(12)15/h4-6,8H,3,7,15H2,1-2H3. The Labute approximate surface area is 131 Å². The highest BCUT2D eigenvalue weighted by Crippen LogP contribution is 2.31. The summed E-state index contributed by atoms with van der Waals surface area (Å²) in [5.41, 5.74) is 7.46. The molecule has 0 aliphatic heterocycles. The molecule has 2 aromatic rings. The van der Waals surface area contributed by atoms with Gasteiger partial charge in [0, 0.05) is 21.7 Å². The summed E-state index contributed by atoms with van der Waals surface area (Å²) in [5, 5.41) is 2.24. The number of aromatic nitrogens is 1. The molecule has 112 valence electrons. The number of nitrogen functional groups attached to an aromatic ring is 1. The number of anilines is 1. The van der Waals surface area contributed by atoms with Gasteiger partial charge in [-0.1, -0.05) is 0 Å². The Bertz CT molecular complexity index is 628. The molecule has 0 radical (unpaired) electrons. The maximum absolute atomic E-state index is 11.6. The molecule has 0 amide bonds. The summed E-state index contributed by atoms with van der Waals surface area (Å²) in [4.78, 5) is 16.8. The van der Waals surface area contributed by atoms with Crippen molar-refractivity contribution in [1.82, 2.24) is 4.98 Å². The monoisotopic (exact) mass is 324 g/mol. The summed E-state index contributed by atoms with van der Waals surface area (Å²) in [6.45, 7) is 2.12. The molecule has 2 N–H and O–H groups in total. The van der Waals surface area contributed by atoms with Crippen molar-refractivity contribution < 1.29 is 14.3 Å². The second-order valence-corrected chi connectivity index (χ2v) is 5.93. The van der Waals surface area contributed by atoms with Gasteiger partial charge in [0.15, 0.2) is 0 Å². The fraction of sp³-hybridized carbons (Fsp3) is 0.286. The van der Waals surface area contributed by atoms with E-state index >= 15 is 0 Å². The van der Waals surface area contributed by atoms with Crippen molar-refractivity contribution in [2.24, 2.45) is 0 Å². The Balaban J connectivity index is 2.02. The van der Waals surface area contributed by atoms with Gasteiger partial charge < -0.3 is 15.2 Å². The molecule has 0 saturated carbocycles. The van der Waals surface area contributed by atoms with E-state index in [-0.39, 0.29) is 5.97 Å². The summed E-state index contributed by atoms with van der Waals surface area (Å²) in [6.07, 6.45) is 0. The van der Waals surface area contributed by atoms with E-state index < -0.39 is 0 Å². The molecule has 5 nitrogen and oxygen atoms in total. The number of esters is 1. The van der Waals surface area contributed by atoms with Gasteiger partial charge in [-0.05, 0) is 25.1 Å². The van der Waals surface area contributed by atoms with E-state index in [4.69, 9.17) is 15.2 Å². The van der Waals surface area contributed by atoms with E-state index in [9.17, 15) is 4.79 Å². The first-order valence-corrected chi connectivity index (χ1v) is 8.18. The molecule has 2 rings (SSSR count). The Kier molecular flexibility index (Phi) is 5.46. The topological polar surface area (TPSA) is 74.4 Å². The number of rotatable bonds is 6. The molecule has 1 heterocycles. The predicted octanol–water partition coefficient (Wildman–Crippen LogP) is 3.20. The molecule has 0 atom stereocenters. The highest BCUT2D eigenvalue weighted by atomic mass is 32.2. The van der Waals surface area contributed by atoms with E-state index in [0.29, 0.717) is 23.1 Å². The Morgan fingerprint density at radius 3 is 3.00 bits per heavy atom. The van der Waals surface area contributed by atoms with Crippen LogP contribution < -0.4 is 10.5 Å². The van der Waals surface area contributed by atoms with Crippen molar-refractivity contribution in [3.8, 4) is 5.75 Å². The highest BCUT2D eigenvalue weighted by Gasteiger charge is 2.12. The number of nitrogens with zero attached hydrogens (tertiary/aromatic N) is 1. The summed E-state index contributed by atoms with van der Waals surface area (Å²) < 4.78 is 10.1. The van der Waals surface area contributed by atoms with Crippen LogP contribution in [0.25, 0.3) is 0 Å². The first-order chi connectivity index (χ1) is 10.1. The number of methoxy groups -OCH3 is 1. The number of thioether (sulfide) groups is 1. The van der Waals surface area contributed by atoms with E-state index in [2.05, 4.69) is 4.98 Å². The second kappa shape index (κ2) is 7.33. The fourth-order valence-corrected chi connectivity index (χ4v) is 3.28. The minimum absolute atomic E-state index is 0.350. The van der Waals surface area contributed by atoms with Crippen LogP contribution in [-0.2, 0) is 10.5 Å². The largest absolute Gasteiger partial charge is 0.497 e. The second-order valence-electron chi connectivity index (χ2n) is 4.06. The van der Waals surface area contributed by atoms with Crippen LogP contribution in [0.15, 0.2) is 28.5 Å². The summed E-state index contributed by atoms with van der Waals surface area (Å²) in [6, 6.07) is 5.52. The van der Waals surface area contributed by atoms with Crippen molar-refractivity contribution in [2.45, 2.75) is 17.6 Å². The quantitative estimate of drug-likeness (QED) is 0.500. The van der Waals surface area contributed by atoms with Crippen LogP contribution in [0.4, 0.5) is 5.69 Å². The van der Waals surface area contributed by atoms with Gasteiger partial charge in [0.1, 0.15) is 5.75 Å². The van der Waals surface area contributed by atoms with Crippen molar-refractivity contribution in [1.29, 1.82) is 0 Å². The van der Waals surface area contributed by atoms with Crippen LogP contribution in [0.1, 0.15) is 22.4 Å². The number of benzene rings is 1. The number of hydrogen-bond donors (Lipinski definition) is 1. The maximum atomic E-state index is 11.6. The van der Waals surface area contributed by atoms with Crippen molar-refractivity contribution in [2.75, 3.05) is 19.5 Å². The van der Waals surface area contributed by atoms with Crippen molar-refractivity contribution in [3.63, 3.8) is 0 Å². The first kappa shape index (κ1) is 15.7. The normalized spacial score (nSPS) is 10.4. The van der Waals surface area contributed by atoms with Gasteiger partial charge in [-0.2, -0.15) is 0 Å². The maximum Gasteiger partial charge on any atom is 0.367 e. The minimum atomic E-state index is -0.375. The number of carbonyl (C=O) groups excluding carboxylic acids is 1. The van der Waals surface area contributed by atoms with Crippen LogP contribution in [0.3, 0.4) is 0 Å². The number of nitrogens with two attached hydrogens (primary N) is 1. The van der Waals surface area contributed by atoms with Crippen molar-refractivity contribution >= 4 is 34.8 Å². The number of thiazole rings is 1. The smallest absolute Gasteiger partial charge is 0.367 e. The van der Waals surface area contributed by atoms with E-state index in [1.54, 1.807) is 25.8 Å². The molecule has 21 heavy (non-hydrogen) atoms. The average Bonchev–Trinajstić information content (AvgIpc) is 2.96. The molecule has 0 bridgehead atoms. The zero-order valence-electron chi connectivity index (χ0n) is 11.8. The predicted molar refractivity (Wildman–Crippen MR) is 85.0 cm³/mol. The molecule has 0 fully saturated rings. The minimum Gasteiger partial charge on any atom is -0.497 e. The molecular formula is C14H16N2O3S2. The third kappa shape index (κ3) is 4.12. The van der Waals surface area contributed by atoms with Gasteiger partial charge in [-0.25, -0.2) is 9.78 Å². The lowest BCUT2D eigenvalue weighted by molar-refractivity contribution is 0.0525. The molecule has 0 aliphatic rings. The molecule has 1 aromatic carbocycles. The molecular weight excluding hydrogens is 308 g/mol. The van der Waals surface area contributed by atoms with Crippen LogP contribution in [0.2, 0.25) is 0 Å². The Hall–Kier alpha value is -1.73. The van der Waals surface area contributed by atoms with Crippen LogP contribution >= 0.6 is 23.1 Å². The summed E-state index contributed by atoms with van der Waals surface area (Å²) in [5.74, 6) is 1.02. The number of carbonyl (C=O) groups is 1. The third-order valence-electron chi connectivity index (χ3n) is 2.60.